The maximum absolute atomic E-state index is 5.53. The molecule has 26 heavy (non-hydrogen) atoms. The van der Waals surface area contributed by atoms with Crippen LogP contribution in [0.4, 0.5) is 5.82 Å². The number of ether oxygens (including phenoxy) is 1. The van der Waals surface area contributed by atoms with Crippen LogP contribution in [0.5, 0.6) is 0 Å². The van der Waals surface area contributed by atoms with Crippen LogP contribution >= 0.6 is 0 Å². The highest BCUT2D eigenvalue weighted by Crippen LogP contribution is 2.25. The van der Waals surface area contributed by atoms with Gasteiger partial charge in [-0.15, -0.1) is 0 Å². The summed E-state index contributed by atoms with van der Waals surface area (Å²) in [5.74, 6) is 1.53. The number of rotatable bonds is 2. The lowest BCUT2D eigenvalue weighted by Crippen LogP contribution is -2.36. The predicted molar refractivity (Wildman–Crippen MR) is 98.1 cm³/mol. The van der Waals surface area contributed by atoms with Crippen molar-refractivity contribution >= 4 is 28.1 Å². The van der Waals surface area contributed by atoms with Crippen molar-refractivity contribution in [2.75, 3.05) is 31.2 Å². The molecule has 0 bridgehead atoms. The summed E-state index contributed by atoms with van der Waals surface area (Å²) in [5, 5.41) is 0. The van der Waals surface area contributed by atoms with Crippen molar-refractivity contribution in [1.29, 1.82) is 0 Å². The molecule has 3 aromatic heterocycles. The molecule has 1 aromatic carbocycles. The van der Waals surface area contributed by atoms with E-state index in [2.05, 4.69) is 19.9 Å². The second-order valence-electron chi connectivity index (χ2n) is 6.28. The van der Waals surface area contributed by atoms with E-state index in [4.69, 9.17) is 14.1 Å². The molecule has 0 unspecified atom stereocenters. The zero-order valence-electron chi connectivity index (χ0n) is 14.3. The molecule has 0 amide bonds. The molecule has 0 spiro atoms. The van der Waals surface area contributed by atoms with Crippen LogP contribution in [0.15, 0.2) is 40.9 Å². The van der Waals surface area contributed by atoms with Crippen LogP contribution in [0.25, 0.3) is 33.5 Å². The molecule has 1 saturated heterocycles. The van der Waals surface area contributed by atoms with Crippen molar-refractivity contribution < 1.29 is 9.15 Å². The summed E-state index contributed by atoms with van der Waals surface area (Å²) in [6.07, 6.45) is 1.79. The van der Waals surface area contributed by atoms with Gasteiger partial charge in [0.15, 0.2) is 17.1 Å². The van der Waals surface area contributed by atoms with Gasteiger partial charge in [-0.3, -0.25) is 0 Å². The third-order valence-electron chi connectivity index (χ3n) is 4.52. The number of morpholine rings is 1. The third-order valence-corrected chi connectivity index (χ3v) is 4.52. The summed E-state index contributed by atoms with van der Waals surface area (Å²) in [7, 11) is 0. The van der Waals surface area contributed by atoms with Gasteiger partial charge in [-0.1, -0.05) is 0 Å². The first kappa shape index (κ1) is 15.2. The topological polar surface area (TPSA) is 77.2 Å². The van der Waals surface area contributed by atoms with E-state index in [1.807, 2.05) is 37.3 Å². The second-order valence-corrected chi connectivity index (χ2v) is 6.28. The normalized spacial score (nSPS) is 15.0. The lowest BCUT2D eigenvalue weighted by Gasteiger charge is -2.27. The lowest BCUT2D eigenvalue weighted by atomic mass is 10.1. The summed E-state index contributed by atoms with van der Waals surface area (Å²) in [4.78, 5) is 20.5. The zero-order chi connectivity index (χ0) is 17.5. The predicted octanol–water partition coefficient (Wildman–Crippen LogP) is 2.98. The number of aromatic nitrogens is 4. The largest absolute Gasteiger partial charge is 0.441 e. The molecule has 0 N–H and O–H groups in total. The van der Waals surface area contributed by atoms with Crippen molar-refractivity contribution in [2.24, 2.45) is 0 Å². The maximum atomic E-state index is 5.53. The van der Waals surface area contributed by atoms with Crippen molar-refractivity contribution in [3.05, 3.63) is 42.4 Å². The molecule has 130 valence electrons. The minimum absolute atomic E-state index is 0.635. The molecule has 0 atom stereocenters. The fraction of sp³-hybridized carbons (Fsp3) is 0.263. The molecule has 1 fully saturated rings. The lowest BCUT2D eigenvalue weighted by molar-refractivity contribution is 0.122. The Hall–Kier alpha value is -3.06. The Morgan fingerprint density at radius 3 is 2.73 bits per heavy atom. The molecule has 4 heterocycles. The van der Waals surface area contributed by atoms with Crippen LogP contribution in [0.1, 0.15) is 5.89 Å². The van der Waals surface area contributed by atoms with Crippen molar-refractivity contribution in [3.63, 3.8) is 0 Å². The van der Waals surface area contributed by atoms with Crippen LogP contribution in [0, 0.1) is 6.92 Å². The monoisotopic (exact) mass is 347 g/mol. The highest BCUT2D eigenvalue weighted by atomic mass is 16.5. The van der Waals surface area contributed by atoms with Crippen molar-refractivity contribution in [1.82, 2.24) is 19.9 Å². The SMILES string of the molecule is Cc1nc2cc(-c3ccc4nc(N5CCOCC5)cnc4n3)ccc2o1. The molecule has 1 aliphatic heterocycles. The molecule has 1 aliphatic rings. The van der Waals surface area contributed by atoms with E-state index >= 15 is 0 Å². The molecule has 0 aliphatic carbocycles. The number of anilines is 1. The van der Waals surface area contributed by atoms with Gasteiger partial charge in [0.05, 0.1) is 25.1 Å². The van der Waals surface area contributed by atoms with Gasteiger partial charge in [-0.2, -0.15) is 0 Å². The molecular formula is C19H17N5O2. The third kappa shape index (κ3) is 2.66. The Morgan fingerprint density at radius 2 is 1.85 bits per heavy atom. The first-order chi connectivity index (χ1) is 12.8. The Labute approximate surface area is 149 Å². The fourth-order valence-corrected chi connectivity index (χ4v) is 3.20. The van der Waals surface area contributed by atoms with E-state index < -0.39 is 0 Å². The van der Waals surface area contributed by atoms with E-state index in [0.29, 0.717) is 11.5 Å². The van der Waals surface area contributed by atoms with Gasteiger partial charge in [0.2, 0.25) is 0 Å². The zero-order valence-corrected chi connectivity index (χ0v) is 14.3. The molecule has 7 nitrogen and oxygen atoms in total. The van der Waals surface area contributed by atoms with Crippen LogP contribution < -0.4 is 4.90 Å². The molecular weight excluding hydrogens is 330 g/mol. The maximum Gasteiger partial charge on any atom is 0.192 e. The number of oxazole rings is 1. The number of pyridine rings is 1. The Morgan fingerprint density at radius 1 is 0.962 bits per heavy atom. The van der Waals surface area contributed by atoms with E-state index in [0.717, 1.165) is 60.0 Å². The highest BCUT2D eigenvalue weighted by molar-refractivity contribution is 5.81. The second kappa shape index (κ2) is 6.03. The van der Waals surface area contributed by atoms with Crippen LogP contribution in [-0.4, -0.2) is 46.2 Å². The van der Waals surface area contributed by atoms with Crippen LogP contribution in [-0.2, 0) is 4.74 Å². The Kier molecular flexibility index (Phi) is 3.53. The van der Waals surface area contributed by atoms with E-state index in [1.54, 1.807) is 6.20 Å². The molecule has 4 aromatic rings. The summed E-state index contributed by atoms with van der Waals surface area (Å²) in [6.45, 7) is 4.96. The summed E-state index contributed by atoms with van der Waals surface area (Å²) < 4.78 is 10.9. The average Bonchev–Trinajstić information content (AvgIpc) is 3.07. The molecule has 5 rings (SSSR count). The van der Waals surface area contributed by atoms with Crippen molar-refractivity contribution in [2.45, 2.75) is 6.92 Å². The first-order valence-electron chi connectivity index (χ1n) is 8.60. The smallest absolute Gasteiger partial charge is 0.192 e. The van der Waals surface area contributed by atoms with E-state index in [-0.39, 0.29) is 0 Å². The van der Waals surface area contributed by atoms with Crippen LogP contribution in [0.3, 0.4) is 0 Å². The number of nitrogens with zero attached hydrogens (tertiary/aromatic N) is 5. The molecule has 0 radical (unpaired) electrons. The Bertz CT molecular complexity index is 1100. The number of aryl methyl sites for hydroxylation is 1. The van der Waals surface area contributed by atoms with E-state index in [1.165, 1.54) is 0 Å². The summed E-state index contributed by atoms with van der Waals surface area (Å²) >= 11 is 0. The molecule has 7 heteroatoms. The van der Waals surface area contributed by atoms with Gasteiger partial charge < -0.3 is 14.1 Å². The number of fused-ring (bicyclic) bond motifs is 2. The van der Waals surface area contributed by atoms with Crippen LogP contribution in [0.2, 0.25) is 0 Å². The summed E-state index contributed by atoms with van der Waals surface area (Å²) in [6, 6.07) is 9.82. The van der Waals surface area contributed by atoms with Crippen molar-refractivity contribution in [3.8, 4) is 11.3 Å². The van der Waals surface area contributed by atoms with Gasteiger partial charge in [-0.25, -0.2) is 19.9 Å². The van der Waals surface area contributed by atoms with Gasteiger partial charge in [-0.05, 0) is 30.3 Å². The van der Waals surface area contributed by atoms with Gasteiger partial charge >= 0.3 is 0 Å². The Balaban J connectivity index is 1.52. The van der Waals surface area contributed by atoms with Gasteiger partial charge in [0.1, 0.15) is 16.9 Å². The minimum Gasteiger partial charge on any atom is -0.441 e. The molecule has 0 saturated carbocycles. The van der Waals surface area contributed by atoms with Gasteiger partial charge in [0.25, 0.3) is 0 Å². The minimum atomic E-state index is 0.635. The number of hydrogen-bond donors (Lipinski definition) is 0. The van der Waals surface area contributed by atoms with E-state index in [9.17, 15) is 0 Å². The number of hydrogen-bond acceptors (Lipinski definition) is 7. The summed E-state index contributed by atoms with van der Waals surface area (Å²) in [5.41, 5.74) is 4.85. The first-order valence-corrected chi connectivity index (χ1v) is 8.60. The van der Waals surface area contributed by atoms with Gasteiger partial charge in [0, 0.05) is 25.6 Å². The number of benzene rings is 1. The standard InChI is InChI=1S/C19H17N5O2/c1-12-21-16-10-13(2-5-17(16)26-12)14-3-4-15-19(23-14)20-11-18(22-15)24-6-8-25-9-7-24/h2-5,10-11H,6-9H2,1H3. The average molecular weight is 347 g/mol. The quantitative estimate of drug-likeness (QED) is 0.551. The fourth-order valence-electron chi connectivity index (χ4n) is 3.20. The highest BCUT2D eigenvalue weighted by Gasteiger charge is 2.14.